The van der Waals surface area contributed by atoms with Gasteiger partial charge in [0.2, 0.25) is 5.91 Å². The van der Waals surface area contributed by atoms with Crippen LogP contribution in [0.15, 0.2) is 49.3 Å². The van der Waals surface area contributed by atoms with Gasteiger partial charge in [-0.3, -0.25) is 9.59 Å². The summed E-state index contributed by atoms with van der Waals surface area (Å²) < 4.78 is 1.55. The van der Waals surface area contributed by atoms with Crippen LogP contribution in [0.2, 0.25) is 0 Å². The molecule has 0 atom stereocenters. The number of benzene rings is 1. The van der Waals surface area contributed by atoms with E-state index < -0.39 is 0 Å². The van der Waals surface area contributed by atoms with E-state index in [1.807, 2.05) is 4.90 Å². The second-order valence-electron chi connectivity index (χ2n) is 6.30. The highest BCUT2D eigenvalue weighted by atomic mass is 16.2. The number of ketones is 1. The second kappa shape index (κ2) is 6.94. The number of hydrogen-bond acceptors (Lipinski definition) is 7. The third-order valence-corrected chi connectivity index (χ3v) is 4.40. The van der Waals surface area contributed by atoms with Gasteiger partial charge >= 0.3 is 0 Å². The highest BCUT2D eigenvalue weighted by Gasteiger charge is 2.33. The van der Waals surface area contributed by atoms with E-state index in [1.165, 1.54) is 19.6 Å². The van der Waals surface area contributed by atoms with Gasteiger partial charge in [-0.25, -0.2) is 19.6 Å². The molecule has 0 bridgehead atoms. The standard InChI is InChI=1S/C18H17N7O2/c1-12(26)13-3-2-4-15(5-13)23-18(27)14-7-24(8-14)16-6-17(21-10-20-16)25-11-19-9-22-25/h2-6,9-11,14H,7-8H2,1H3,(H,23,27). The largest absolute Gasteiger partial charge is 0.355 e. The fourth-order valence-corrected chi connectivity index (χ4v) is 2.85. The molecular weight excluding hydrogens is 346 g/mol. The summed E-state index contributed by atoms with van der Waals surface area (Å²) in [5.41, 5.74) is 1.20. The van der Waals surface area contributed by atoms with E-state index in [0.29, 0.717) is 30.2 Å². The van der Waals surface area contributed by atoms with Crippen LogP contribution in [0.25, 0.3) is 5.82 Å². The lowest BCUT2D eigenvalue weighted by Crippen LogP contribution is -2.52. The molecule has 0 spiro atoms. The third kappa shape index (κ3) is 3.52. The SMILES string of the molecule is CC(=O)c1cccc(NC(=O)C2CN(c3cc(-n4cncn4)ncn3)C2)c1. The van der Waals surface area contributed by atoms with Crippen molar-refractivity contribution in [2.24, 2.45) is 5.92 Å². The molecule has 9 heteroatoms. The topological polar surface area (TPSA) is 106 Å². The summed E-state index contributed by atoms with van der Waals surface area (Å²) in [4.78, 5) is 38.2. The van der Waals surface area contributed by atoms with Crippen LogP contribution < -0.4 is 10.2 Å². The number of carbonyl (C=O) groups is 2. The molecular formula is C18H17N7O2. The Kier molecular flexibility index (Phi) is 4.33. The zero-order chi connectivity index (χ0) is 18.8. The van der Waals surface area contributed by atoms with Crippen LogP contribution in [-0.2, 0) is 4.79 Å². The lowest BCUT2D eigenvalue weighted by Gasteiger charge is -2.39. The van der Waals surface area contributed by atoms with Gasteiger partial charge in [-0.05, 0) is 19.1 Å². The monoisotopic (exact) mass is 363 g/mol. The molecule has 3 aromatic rings. The zero-order valence-corrected chi connectivity index (χ0v) is 14.6. The normalized spacial score (nSPS) is 13.9. The second-order valence-corrected chi connectivity index (χ2v) is 6.30. The first kappa shape index (κ1) is 16.8. The molecule has 1 N–H and O–H groups in total. The van der Waals surface area contributed by atoms with Crippen LogP contribution in [0.4, 0.5) is 11.5 Å². The number of hydrogen-bond donors (Lipinski definition) is 1. The summed E-state index contributed by atoms with van der Waals surface area (Å²) in [7, 11) is 0. The highest BCUT2D eigenvalue weighted by molar-refractivity contribution is 5.98. The van der Waals surface area contributed by atoms with Gasteiger partial charge in [0.25, 0.3) is 0 Å². The number of nitrogens with one attached hydrogen (secondary N) is 1. The number of amides is 1. The minimum Gasteiger partial charge on any atom is -0.355 e. The molecule has 4 rings (SSSR count). The zero-order valence-electron chi connectivity index (χ0n) is 14.6. The Hall–Kier alpha value is -3.62. The predicted molar refractivity (Wildman–Crippen MR) is 97.7 cm³/mol. The number of nitrogens with zero attached hydrogens (tertiary/aromatic N) is 6. The van der Waals surface area contributed by atoms with Gasteiger partial charge in [0.15, 0.2) is 11.6 Å². The van der Waals surface area contributed by atoms with Gasteiger partial charge in [-0.1, -0.05) is 12.1 Å². The summed E-state index contributed by atoms with van der Waals surface area (Å²) in [6, 6.07) is 8.75. The van der Waals surface area contributed by atoms with Crippen molar-refractivity contribution in [2.75, 3.05) is 23.3 Å². The molecule has 1 aromatic carbocycles. The molecule has 9 nitrogen and oxygen atoms in total. The molecule has 0 aliphatic carbocycles. The van der Waals surface area contributed by atoms with Crippen LogP contribution in [0.1, 0.15) is 17.3 Å². The van der Waals surface area contributed by atoms with Gasteiger partial charge in [-0.2, -0.15) is 5.10 Å². The van der Waals surface area contributed by atoms with Crippen LogP contribution in [0, 0.1) is 5.92 Å². The molecule has 1 aliphatic heterocycles. The minimum atomic E-state index is -0.143. The molecule has 3 heterocycles. The first-order chi connectivity index (χ1) is 13.1. The van der Waals surface area contributed by atoms with Gasteiger partial charge in [0.05, 0.1) is 5.92 Å². The fourth-order valence-electron chi connectivity index (χ4n) is 2.85. The number of carbonyl (C=O) groups excluding carboxylic acids is 2. The number of aromatic nitrogens is 5. The summed E-state index contributed by atoms with van der Waals surface area (Å²) in [6.45, 7) is 2.62. The maximum atomic E-state index is 12.4. The molecule has 2 aromatic heterocycles. The molecule has 1 aliphatic rings. The predicted octanol–water partition coefficient (Wildman–Crippen LogP) is 1.33. The molecule has 27 heavy (non-hydrogen) atoms. The Labute approximate surface area is 155 Å². The summed E-state index contributed by atoms with van der Waals surface area (Å²) in [6.07, 6.45) is 4.47. The van der Waals surface area contributed by atoms with Gasteiger partial charge in [-0.15, -0.1) is 0 Å². The first-order valence-corrected chi connectivity index (χ1v) is 8.44. The maximum absolute atomic E-state index is 12.4. The Balaban J connectivity index is 1.38. The molecule has 0 radical (unpaired) electrons. The van der Waals surface area contributed by atoms with Crippen molar-refractivity contribution in [2.45, 2.75) is 6.92 Å². The van der Waals surface area contributed by atoms with Gasteiger partial charge in [0.1, 0.15) is 24.8 Å². The van der Waals surface area contributed by atoms with E-state index in [9.17, 15) is 9.59 Å². The van der Waals surface area contributed by atoms with Crippen molar-refractivity contribution in [3.8, 4) is 5.82 Å². The Bertz CT molecular complexity index is 981. The average molecular weight is 363 g/mol. The minimum absolute atomic E-state index is 0.0344. The smallest absolute Gasteiger partial charge is 0.231 e. The lowest BCUT2D eigenvalue weighted by molar-refractivity contribution is -0.120. The Morgan fingerprint density at radius 1 is 1.11 bits per heavy atom. The van der Waals surface area contributed by atoms with Crippen molar-refractivity contribution in [1.29, 1.82) is 0 Å². The number of rotatable bonds is 5. The third-order valence-electron chi connectivity index (χ3n) is 4.40. The van der Waals surface area contributed by atoms with Crippen LogP contribution >= 0.6 is 0 Å². The molecule has 1 amide bonds. The van der Waals surface area contributed by atoms with E-state index in [0.717, 1.165) is 5.82 Å². The summed E-state index contributed by atoms with van der Waals surface area (Å²) in [5.74, 6) is 1.10. The molecule has 136 valence electrons. The van der Waals surface area contributed by atoms with Crippen LogP contribution in [-0.4, -0.2) is 49.5 Å². The summed E-state index contributed by atoms with van der Waals surface area (Å²) in [5, 5.41) is 6.92. The quantitative estimate of drug-likeness (QED) is 0.682. The Morgan fingerprint density at radius 3 is 2.67 bits per heavy atom. The van der Waals surface area contributed by atoms with Gasteiger partial charge < -0.3 is 10.2 Å². The first-order valence-electron chi connectivity index (χ1n) is 8.44. The number of Topliss-reactive ketones (excluding diaryl/α,β-unsaturated/α-hetero) is 1. The van der Waals surface area contributed by atoms with E-state index in [-0.39, 0.29) is 17.6 Å². The van der Waals surface area contributed by atoms with Crippen molar-refractivity contribution in [1.82, 2.24) is 24.7 Å². The molecule has 0 unspecified atom stereocenters. The van der Waals surface area contributed by atoms with Crippen molar-refractivity contribution in [3.63, 3.8) is 0 Å². The molecule has 1 saturated heterocycles. The number of anilines is 2. The van der Waals surface area contributed by atoms with E-state index >= 15 is 0 Å². The van der Waals surface area contributed by atoms with Crippen LogP contribution in [0.3, 0.4) is 0 Å². The van der Waals surface area contributed by atoms with E-state index in [2.05, 4.69) is 25.4 Å². The Morgan fingerprint density at radius 2 is 1.93 bits per heavy atom. The van der Waals surface area contributed by atoms with Crippen LogP contribution in [0.5, 0.6) is 0 Å². The van der Waals surface area contributed by atoms with Crippen molar-refractivity contribution < 1.29 is 9.59 Å². The molecule has 1 fully saturated rings. The highest BCUT2D eigenvalue weighted by Crippen LogP contribution is 2.24. The van der Waals surface area contributed by atoms with E-state index in [1.54, 1.807) is 41.3 Å². The molecule has 0 saturated carbocycles. The maximum Gasteiger partial charge on any atom is 0.231 e. The van der Waals surface area contributed by atoms with E-state index in [4.69, 9.17) is 0 Å². The van der Waals surface area contributed by atoms with Crippen molar-refractivity contribution >= 4 is 23.2 Å². The lowest BCUT2D eigenvalue weighted by atomic mass is 9.99. The fraction of sp³-hybridized carbons (Fsp3) is 0.222. The van der Waals surface area contributed by atoms with Crippen molar-refractivity contribution in [3.05, 3.63) is 54.9 Å². The average Bonchev–Trinajstić information content (AvgIpc) is 3.15. The summed E-state index contributed by atoms with van der Waals surface area (Å²) >= 11 is 0. The van der Waals surface area contributed by atoms with Gasteiger partial charge in [0, 0.05) is 30.4 Å².